The molecule has 0 saturated carbocycles. The van der Waals surface area contributed by atoms with Crippen LogP contribution in [0.25, 0.3) is 0 Å². The van der Waals surface area contributed by atoms with Crippen LogP contribution in [0.2, 0.25) is 0 Å². The fraction of sp³-hybridized carbons (Fsp3) is 0.727. The number of hydrogen-bond acceptors (Lipinski definition) is 11. The van der Waals surface area contributed by atoms with Crippen molar-refractivity contribution in [1.82, 2.24) is 14.6 Å². The molecule has 2 heterocycles. The Morgan fingerprint density at radius 2 is 1.98 bits per heavy atom. The number of esters is 1. The van der Waals surface area contributed by atoms with Gasteiger partial charge in [0.25, 0.3) is 17.3 Å². The van der Waals surface area contributed by atoms with E-state index in [0.717, 1.165) is 11.8 Å². The second-order valence-electron chi connectivity index (χ2n) is 10.1. The summed E-state index contributed by atoms with van der Waals surface area (Å²) in [6.07, 6.45) is -5.72. The van der Waals surface area contributed by atoms with E-state index in [1.165, 1.54) is 6.92 Å². The summed E-state index contributed by atoms with van der Waals surface area (Å²) in [5.41, 5.74) is -3.16. The summed E-state index contributed by atoms with van der Waals surface area (Å²) in [5, 5.41) is 10.0. The van der Waals surface area contributed by atoms with Crippen molar-refractivity contribution < 1.29 is 42.0 Å². The topological polar surface area (TPSA) is 158 Å². The number of carbonyl (C=O) groups is 2. The smallest absolute Gasteiger partial charge is 0.330 e. The standard InChI is InChI=1S/C22H33ClF2N3O9PS2/c1-11(2)36-17(31)12(3)27-38(39,34-7-8-40-19(32)21(4,5)6)35-10-14-15(29)22(23,25)18(37-14)28-9-13(24)16(30)26-20(28)33/h9,11-12,14-15,18,29H,7-8,10H2,1-6H3,(H,27,39)(H,26,30,33)/t12-,14-,15-,18-,22+,38?/m1/s1. The monoisotopic (exact) mass is 651 g/mol. The van der Waals surface area contributed by atoms with Crippen molar-refractivity contribution in [1.29, 1.82) is 0 Å². The van der Waals surface area contributed by atoms with Gasteiger partial charge in [-0.05, 0) is 32.6 Å². The number of nitrogens with zero attached hydrogens (tertiary/aromatic N) is 1. The molecule has 18 heteroatoms. The van der Waals surface area contributed by atoms with Crippen LogP contribution in [0.1, 0.15) is 47.8 Å². The quantitative estimate of drug-likeness (QED) is 0.131. The average molecular weight is 652 g/mol. The molecule has 0 spiro atoms. The predicted octanol–water partition coefficient (Wildman–Crippen LogP) is 2.33. The SMILES string of the molecule is CC(C)OC(=O)[C@@H](C)NP(=S)(OCCSC(=O)C(C)(C)C)OC[C@H]1O[C@@H](n2cc(F)c(=O)[nH]c2=O)[C@](F)(Cl)[C@@H]1O. The van der Waals surface area contributed by atoms with E-state index in [0.29, 0.717) is 10.8 Å². The molecule has 1 fully saturated rings. The van der Waals surface area contributed by atoms with E-state index in [2.05, 4.69) is 5.09 Å². The van der Waals surface area contributed by atoms with Crippen LogP contribution < -0.4 is 16.3 Å². The summed E-state index contributed by atoms with van der Waals surface area (Å²) < 4.78 is 51.4. The highest BCUT2D eigenvalue weighted by Gasteiger charge is 2.58. The molecule has 1 aliphatic heterocycles. The van der Waals surface area contributed by atoms with Crippen molar-refractivity contribution in [3.8, 4) is 0 Å². The van der Waals surface area contributed by atoms with Crippen LogP contribution >= 0.6 is 30.0 Å². The highest BCUT2D eigenvalue weighted by Crippen LogP contribution is 2.48. The zero-order valence-corrected chi connectivity index (χ0v) is 25.9. The molecule has 0 amide bonds. The molecule has 0 radical (unpaired) electrons. The minimum atomic E-state index is -3.58. The Balaban J connectivity index is 2.19. The van der Waals surface area contributed by atoms with Crippen LogP contribution in [0.15, 0.2) is 15.8 Å². The number of aromatic amines is 1. The lowest BCUT2D eigenvalue weighted by Gasteiger charge is -2.28. The molecule has 2 rings (SSSR count). The summed E-state index contributed by atoms with van der Waals surface area (Å²) >= 11 is 12.4. The number of alkyl halides is 2. The van der Waals surface area contributed by atoms with Gasteiger partial charge < -0.3 is 23.6 Å². The molecule has 40 heavy (non-hydrogen) atoms. The van der Waals surface area contributed by atoms with Gasteiger partial charge in [0.15, 0.2) is 11.3 Å². The molecule has 1 aliphatic rings. The van der Waals surface area contributed by atoms with E-state index >= 15 is 4.39 Å². The van der Waals surface area contributed by atoms with Gasteiger partial charge >= 0.3 is 11.7 Å². The van der Waals surface area contributed by atoms with Crippen molar-refractivity contribution in [2.45, 2.75) is 77.3 Å². The normalized spacial score (nSPS) is 25.5. The van der Waals surface area contributed by atoms with E-state index in [-0.39, 0.29) is 17.5 Å². The largest absolute Gasteiger partial charge is 0.462 e. The number of hydrogen-bond donors (Lipinski definition) is 3. The molecule has 1 saturated heterocycles. The van der Waals surface area contributed by atoms with Crippen molar-refractivity contribution in [2.24, 2.45) is 5.41 Å². The van der Waals surface area contributed by atoms with Crippen molar-refractivity contribution in [3.05, 3.63) is 32.9 Å². The Labute approximate surface area is 243 Å². The number of rotatable bonds is 12. The number of aliphatic hydroxyl groups is 1. The lowest BCUT2D eigenvalue weighted by Crippen LogP contribution is -2.42. The summed E-state index contributed by atoms with van der Waals surface area (Å²) in [5.74, 6) is -1.87. The third-order valence-electron chi connectivity index (χ3n) is 5.21. The summed E-state index contributed by atoms with van der Waals surface area (Å²) in [6, 6.07) is -1.00. The fourth-order valence-corrected chi connectivity index (χ4v) is 6.72. The molecule has 228 valence electrons. The summed E-state index contributed by atoms with van der Waals surface area (Å²) in [4.78, 5) is 49.6. The summed E-state index contributed by atoms with van der Waals surface area (Å²) in [7, 11) is 0. The number of aromatic nitrogens is 2. The maximum absolute atomic E-state index is 15.3. The van der Waals surface area contributed by atoms with Crippen molar-refractivity contribution in [3.63, 3.8) is 0 Å². The number of halogens is 3. The second kappa shape index (κ2) is 13.8. The maximum Gasteiger partial charge on any atom is 0.330 e. The molecular formula is C22H33ClF2N3O9PS2. The van der Waals surface area contributed by atoms with Gasteiger partial charge in [0.05, 0.1) is 25.5 Å². The lowest BCUT2D eigenvalue weighted by molar-refractivity contribution is -0.149. The van der Waals surface area contributed by atoms with Gasteiger partial charge in [-0.3, -0.25) is 23.9 Å². The Bertz CT molecular complexity index is 1240. The Kier molecular flexibility index (Phi) is 12.1. The lowest BCUT2D eigenvalue weighted by atomic mass is 10.00. The molecule has 1 aromatic rings. The van der Waals surface area contributed by atoms with Gasteiger partial charge in [-0.15, -0.1) is 0 Å². The Morgan fingerprint density at radius 1 is 1.35 bits per heavy atom. The van der Waals surface area contributed by atoms with Crippen LogP contribution in [0, 0.1) is 11.2 Å². The first-order valence-electron chi connectivity index (χ1n) is 12.1. The second-order valence-corrected chi connectivity index (χ2v) is 15.0. The van der Waals surface area contributed by atoms with E-state index in [4.69, 9.17) is 41.9 Å². The van der Waals surface area contributed by atoms with Crippen LogP contribution in [0.4, 0.5) is 8.78 Å². The van der Waals surface area contributed by atoms with E-state index < -0.39 is 77.4 Å². The minimum Gasteiger partial charge on any atom is -0.462 e. The van der Waals surface area contributed by atoms with Gasteiger partial charge in [-0.25, -0.2) is 14.3 Å². The van der Waals surface area contributed by atoms with Crippen LogP contribution in [-0.4, -0.2) is 74.2 Å². The molecule has 0 bridgehead atoms. The van der Waals surface area contributed by atoms with E-state index in [1.807, 2.05) is 0 Å². The highest BCUT2D eigenvalue weighted by molar-refractivity contribution is 8.13. The molecule has 1 unspecified atom stereocenters. The van der Waals surface area contributed by atoms with Gasteiger partial charge in [-0.2, -0.15) is 4.39 Å². The third-order valence-corrected chi connectivity index (χ3v) is 9.53. The molecule has 6 atom stereocenters. The Morgan fingerprint density at radius 3 is 2.55 bits per heavy atom. The van der Waals surface area contributed by atoms with Crippen molar-refractivity contribution in [2.75, 3.05) is 19.0 Å². The van der Waals surface area contributed by atoms with Gasteiger partial charge in [-0.1, -0.05) is 44.1 Å². The molecule has 3 N–H and O–H groups in total. The van der Waals surface area contributed by atoms with Crippen LogP contribution in [-0.2, 0) is 39.9 Å². The van der Waals surface area contributed by atoms with Crippen LogP contribution in [0.5, 0.6) is 0 Å². The van der Waals surface area contributed by atoms with Crippen molar-refractivity contribution >= 4 is 52.9 Å². The maximum atomic E-state index is 15.3. The zero-order valence-electron chi connectivity index (χ0n) is 22.6. The fourth-order valence-electron chi connectivity index (χ4n) is 3.16. The number of thioether (sulfide) groups is 1. The molecule has 0 aromatic carbocycles. The first-order valence-corrected chi connectivity index (χ1v) is 16.1. The first kappa shape index (κ1) is 35.0. The highest BCUT2D eigenvalue weighted by atomic mass is 35.5. The van der Waals surface area contributed by atoms with Gasteiger partial charge in [0.2, 0.25) is 5.82 Å². The number of ether oxygens (including phenoxy) is 2. The van der Waals surface area contributed by atoms with Gasteiger partial charge in [0, 0.05) is 11.2 Å². The minimum absolute atomic E-state index is 0.0754. The number of nitrogens with one attached hydrogen (secondary N) is 2. The summed E-state index contributed by atoms with van der Waals surface area (Å²) in [6.45, 7) is 5.75. The number of aliphatic hydroxyl groups excluding tert-OH is 1. The number of carbonyl (C=O) groups excluding carboxylic acids is 2. The van der Waals surface area contributed by atoms with Crippen LogP contribution in [0.3, 0.4) is 0 Å². The Hall–Kier alpha value is -1.23. The molecule has 0 aliphatic carbocycles. The molecule has 1 aromatic heterocycles. The first-order chi connectivity index (χ1) is 18.3. The van der Waals surface area contributed by atoms with E-state index in [9.17, 15) is 28.7 Å². The zero-order chi connectivity index (χ0) is 30.6. The van der Waals surface area contributed by atoms with Gasteiger partial charge in [0.1, 0.15) is 18.2 Å². The van der Waals surface area contributed by atoms with E-state index in [1.54, 1.807) is 39.6 Å². The molecule has 12 nitrogen and oxygen atoms in total. The third kappa shape index (κ3) is 9.13. The average Bonchev–Trinajstić information content (AvgIpc) is 3.05. The number of H-pyrrole nitrogens is 1. The predicted molar refractivity (Wildman–Crippen MR) is 148 cm³/mol. The molecular weight excluding hydrogens is 619 g/mol.